The third-order valence-electron chi connectivity index (χ3n) is 3.45. The molecule has 0 spiro atoms. The van der Waals surface area contributed by atoms with Crippen LogP contribution in [0.2, 0.25) is 0 Å². The van der Waals surface area contributed by atoms with Gasteiger partial charge in [0.1, 0.15) is 23.8 Å². The van der Waals surface area contributed by atoms with Gasteiger partial charge in [-0.05, 0) is 50.9 Å². The summed E-state index contributed by atoms with van der Waals surface area (Å²) in [7, 11) is 0. The van der Waals surface area contributed by atoms with Gasteiger partial charge in [-0.1, -0.05) is 24.2 Å². The van der Waals surface area contributed by atoms with Crippen LogP contribution in [0.4, 0.5) is 0 Å². The van der Waals surface area contributed by atoms with Gasteiger partial charge in [-0.15, -0.1) is 0 Å². The number of aromatic nitrogens is 1. The molecule has 1 heterocycles. The Balaban J connectivity index is 1.98. The normalized spacial score (nSPS) is 12.4. The molecule has 0 saturated heterocycles. The summed E-state index contributed by atoms with van der Waals surface area (Å²) in [6, 6.07) is 8.57. The maximum atomic E-state index is 5.81. The van der Waals surface area contributed by atoms with E-state index in [1.165, 1.54) is 5.56 Å². The van der Waals surface area contributed by atoms with Crippen LogP contribution in [-0.4, -0.2) is 11.7 Å². The Hall–Kier alpha value is -1.81. The van der Waals surface area contributed by atoms with Gasteiger partial charge in [-0.25, -0.2) is 0 Å². The van der Waals surface area contributed by atoms with E-state index in [0.29, 0.717) is 12.6 Å². The average molecular weight is 288 g/mol. The number of aryl methyl sites for hydroxylation is 2. The SMILES string of the molecule is CCCNC(C)c1ccc(OCc2cc(C)on2)c(C)c1. The zero-order valence-corrected chi connectivity index (χ0v) is 13.3. The van der Waals surface area contributed by atoms with Crippen LogP contribution in [0.5, 0.6) is 5.75 Å². The first-order valence-corrected chi connectivity index (χ1v) is 7.49. The van der Waals surface area contributed by atoms with E-state index in [2.05, 4.69) is 43.4 Å². The van der Waals surface area contributed by atoms with E-state index >= 15 is 0 Å². The second-order valence-corrected chi connectivity index (χ2v) is 5.42. The van der Waals surface area contributed by atoms with Crippen LogP contribution in [0.25, 0.3) is 0 Å². The maximum Gasteiger partial charge on any atom is 0.134 e. The third-order valence-corrected chi connectivity index (χ3v) is 3.45. The van der Waals surface area contributed by atoms with E-state index in [9.17, 15) is 0 Å². The van der Waals surface area contributed by atoms with Gasteiger partial charge >= 0.3 is 0 Å². The lowest BCUT2D eigenvalue weighted by atomic mass is 10.0. The van der Waals surface area contributed by atoms with E-state index in [1.807, 2.05) is 19.1 Å². The Morgan fingerprint density at radius 2 is 2.10 bits per heavy atom. The van der Waals surface area contributed by atoms with Crippen molar-refractivity contribution < 1.29 is 9.26 Å². The standard InChI is InChI=1S/C17H24N2O2/c1-5-8-18-14(4)15-6-7-17(12(2)9-15)20-11-16-10-13(3)21-19-16/h6-7,9-10,14,18H,5,8,11H2,1-4H3. The molecule has 1 aromatic heterocycles. The van der Waals surface area contributed by atoms with Crippen molar-refractivity contribution in [1.82, 2.24) is 10.5 Å². The number of benzene rings is 1. The van der Waals surface area contributed by atoms with Gasteiger partial charge in [0, 0.05) is 12.1 Å². The van der Waals surface area contributed by atoms with Crippen molar-refractivity contribution in [2.24, 2.45) is 0 Å². The molecule has 0 aliphatic carbocycles. The summed E-state index contributed by atoms with van der Waals surface area (Å²) >= 11 is 0. The molecule has 0 aliphatic heterocycles. The minimum Gasteiger partial charge on any atom is -0.487 e. The summed E-state index contributed by atoms with van der Waals surface area (Å²) in [4.78, 5) is 0. The highest BCUT2D eigenvalue weighted by molar-refractivity contribution is 5.37. The van der Waals surface area contributed by atoms with Crippen LogP contribution >= 0.6 is 0 Å². The van der Waals surface area contributed by atoms with Gasteiger partial charge in [-0.2, -0.15) is 0 Å². The van der Waals surface area contributed by atoms with Gasteiger partial charge in [-0.3, -0.25) is 0 Å². The monoisotopic (exact) mass is 288 g/mol. The highest BCUT2D eigenvalue weighted by atomic mass is 16.5. The Morgan fingerprint density at radius 1 is 1.29 bits per heavy atom. The molecule has 0 fully saturated rings. The first-order chi connectivity index (χ1) is 10.1. The Morgan fingerprint density at radius 3 is 2.71 bits per heavy atom. The molecular formula is C17H24N2O2. The van der Waals surface area contributed by atoms with Crippen molar-refractivity contribution in [3.63, 3.8) is 0 Å². The second-order valence-electron chi connectivity index (χ2n) is 5.42. The molecule has 114 valence electrons. The van der Waals surface area contributed by atoms with E-state index in [4.69, 9.17) is 9.26 Å². The number of hydrogen-bond acceptors (Lipinski definition) is 4. The molecule has 1 unspecified atom stereocenters. The quantitative estimate of drug-likeness (QED) is 0.838. The largest absolute Gasteiger partial charge is 0.487 e. The lowest BCUT2D eigenvalue weighted by Crippen LogP contribution is -2.19. The topological polar surface area (TPSA) is 47.3 Å². The number of nitrogens with one attached hydrogen (secondary N) is 1. The zero-order valence-electron chi connectivity index (χ0n) is 13.3. The minimum atomic E-state index is 0.357. The lowest BCUT2D eigenvalue weighted by molar-refractivity contribution is 0.286. The Labute approximate surface area is 126 Å². The minimum absolute atomic E-state index is 0.357. The molecule has 1 atom stereocenters. The van der Waals surface area contributed by atoms with Crippen LogP contribution in [0.3, 0.4) is 0 Å². The third kappa shape index (κ3) is 4.33. The van der Waals surface area contributed by atoms with Crippen LogP contribution in [0.1, 0.15) is 48.9 Å². The average Bonchev–Trinajstić information content (AvgIpc) is 2.89. The Bertz CT molecular complexity index is 578. The summed E-state index contributed by atoms with van der Waals surface area (Å²) in [6.07, 6.45) is 1.14. The van der Waals surface area contributed by atoms with Gasteiger partial charge in [0.2, 0.25) is 0 Å². The van der Waals surface area contributed by atoms with E-state index in [1.54, 1.807) is 0 Å². The lowest BCUT2D eigenvalue weighted by Gasteiger charge is -2.16. The predicted octanol–water partition coefficient (Wildman–Crippen LogP) is 3.93. The molecule has 0 saturated carbocycles. The van der Waals surface area contributed by atoms with Crippen molar-refractivity contribution in [1.29, 1.82) is 0 Å². The Kier molecular flexibility index (Phi) is 5.39. The fraction of sp³-hybridized carbons (Fsp3) is 0.471. The van der Waals surface area contributed by atoms with Crippen LogP contribution in [-0.2, 0) is 6.61 Å². The smallest absolute Gasteiger partial charge is 0.134 e. The van der Waals surface area contributed by atoms with Crippen molar-refractivity contribution in [2.45, 2.75) is 46.8 Å². The van der Waals surface area contributed by atoms with Crippen molar-refractivity contribution in [3.05, 3.63) is 46.8 Å². The summed E-state index contributed by atoms with van der Waals surface area (Å²) in [5.41, 5.74) is 3.23. The first kappa shape index (κ1) is 15.6. The zero-order chi connectivity index (χ0) is 15.2. The summed E-state index contributed by atoms with van der Waals surface area (Å²) in [6.45, 7) is 9.77. The van der Waals surface area contributed by atoms with Crippen LogP contribution < -0.4 is 10.1 Å². The van der Waals surface area contributed by atoms with Crippen LogP contribution in [0, 0.1) is 13.8 Å². The first-order valence-electron chi connectivity index (χ1n) is 7.49. The molecule has 2 rings (SSSR count). The number of hydrogen-bond donors (Lipinski definition) is 1. The van der Waals surface area contributed by atoms with E-state index < -0.39 is 0 Å². The van der Waals surface area contributed by atoms with E-state index in [-0.39, 0.29) is 0 Å². The molecule has 0 amide bonds. The van der Waals surface area contributed by atoms with Crippen molar-refractivity contribution >= 4 is 0 Å². The predicted molar refractivity (Wildman–Crippen MR) is 83.5 cm³/mol. The van der Waals surface area contributed by atoms with Gasteiger partial charge < -0.3 is 14.6 Å². The van der Waals surface area contributed by atoms with Crippen LogP contribution in [0.15, 0.2) is 28.8 Å². The second kappa shape index (κ2) is 7.27. The number of ether oxygens (including phenoxy) is 1. The van der Waals surface area contributed by atoms with Gasteiger partial charge in [0.25, 0.3) is 0 Å². The molecule has 4 heteroatoms. The molecule has 1 aromatic carbocycles. The summed E-state index contributed by atoms with van der Waals surface area (Å²) in [5, 5.41) is 7.42. The molecule has 2 aromatic rings. The molecule has 21 heavy (non-hydrogen) atoms. The highest BCUT2D eigenvalue weighted by Gasteiger charge is 2.08. The highest BCUT2D eigenvalue weighted by Crippen LogP contribution is 2.23. The molecule has 4 nitrogen and oxygen atoms in total. The van der Waals surface area contributed by atoms with Gasteiger partial charge in [0.05, 0.1) is 0 Å². The maximum absolute atomic E-state index is 5.81. The van der Waals surface area contributed by atoms with Crippen molar-refractivity contribution in [2.75, 3.05) is 6.54 Å². The number of nitrogens with zero attached hydrogens (tertiary/aromatic N) is 1. The summed E-state index contributed by atoms with van der Waals surface area (Å²) < 4.78 is 10.8. The molecule has 0 radical (unpaired) electrons. The fourth-order valence-electron chi connectivity index (χ4n) is 2.22. The van der Waals surface area contributed by atoms with Gasteiger partial charge in [0.15, 0.2) is 0 Å². The molecule has 0 aliphatic rings. The number of rotatable bonds is 7. The molecule has 1 N–H and O–H groups in total. The summed E-state index contributed by atoms with van der Waals surface area (Å²) in [5.74, 6) is 1.69. The van der Waals surface area contributed by atoms with E-state index in [0.717, 1.165) is 35.7 Å². The van der Waals surface area contributed by atoms with Crippen molar-refractivity contribution in [3.8, 4) is 5.75 Å². The fourth-order valence-corrected chi connectivity index (χ4v) is 2.22. The molecular weight excluding hydrogens is 264 g/mol. The molecule has 0 bridgehead atoms.